The van der Waals surface area contributed by atoms with E-state index in [0.29, 0.717) is 11.8 Å². The zero-order valence-electron chi connectivity index (χ0n) is 13.8. The number of hydrogen-bond acceptors (Lipinski definition) is 5. The normalized spacial score (nSPS) is 19.5. The first-order chi connectivity index (χ1) is 11.8. The smallest absolute Gasteiger partial charge is 0.253 e. The van der Waals surface area contributed by atoms with Crippen molar-refractivity contribution in [2.45, 2.75) is 44.7 Å². The van der Waals surface area contributed by atoms with Crippen LogP contribution in [0, 0.1) is 5.92 Å². The molecule has 1 saturated carbocycles. The Kier molecular flexibility index (Phi) is 4.38. The molecule has 0 spiro atoms. The first-order valence-electron chi connectivity index (χ1n) is 8.82. The maximum Gasteiger partial charge on any atom is 0.253 e. The molecule has 4 rings (SSSR count). The van der Waals surface area contributed by atoms with Crippen molar-refractivity contribution in [2.24, 2.45) is 5.92 Å². The summed E-state index contributed by atoms with van der Waals surface area (Å²) in [6, 6.07) is 3.58. The predicted octanol–water partition coefficient (Wildman–Crippen LogP) is 1.82. The van der Waals surface area contributed by atoms with E-state index in [1.54, 1.807) is 29.4 Å². The van der Waals surface area contributed by atoms with Gasteiger partial charge >= 0.3 is 0 Å². The molecule has 0 bridgehead atoms. The number of nitrogens with zero attached hydrogens (tertiary/aromatic N) is 5. The fourth-order valence-corrected chi connectivity index (χ4v) is 3.40. The molecule has 126 valence electrons. The highest BCUT2D eigenvalue weighted by atomic mass is 16.1. The maximum absolute atomic E-state index is 12.2. The summed E-state index contributed by atoms with van der Waals surface area (Å²) in [4.78, 5) is 27.7. The van der Waals surface area contributed by atoms with Crippen LogP contribution in [-0.2, 0) is 13.1 Å². The summed E-state index contributed by atoms with van der Waals surface area (Å²) in [5.74, 6) is 1.96. The van der Waals surface area contributed by atoms with Crippen LogP contribution in [0.3, 0.4) is 0 Å². The summed E-state index contributed by atoms with van der Waals surface area (Å²) in [5.41, 5.74) is 1.08. The molecule has 24 heavy (non-hydrogen) atoms. The molecule has 1 aliphatic heterocycles. The lowest BCUT2D eigenvalue weighted by atomic mass is 9.96. The van der Waals surface area contributed by atoms with Gasteiger partial charge in [-0.2, -0.15) is 0 Å². The van der Waals surface area contributed by atoms with E-state index in [4.69, 9.17) is 0 Å². The Balaban J connectivity index is 1.31. The minimum Gasteiger partial charge on any atom is -0.299 e. The van der Waals surface area contributed by atoms with Gasteiger partial charge in [-0.05, 0) is 50.8 Å². The van der Waals surface area contributed by atoms with Crippen LogP contribution in [0.5, 0.6) is 0 Å². The molecule has 2 fully saturated rings. The number of hydrogen-bond donors (Lipinski definition) is 0. The lowest BCUT2D eigenvalue weighted by molar-refractivity contribution is 0.163. The standard InChI is InChI=1S/C18H23N5O/c24-18-10-16(15-2-3-15)21-13-23(18)11-14-4-8-22(9-5-14)12-17-19-6-1-7-20-17/h1,6-7,10,13-15H,2-5,8-9,11-12H2. The van der Waals surface area contributed by atoms with E-state index >= 15 is 0 Å². The van der Waals surface area contributed by atoms with Crippen LogP contribution in [0.2, 0.25) is 0 Å². The lowest BCUT2D eigenvalue weighted by Crippen LogP contribution is -2.36. The third-order valence-electron chi connectivity index (χ3n) is 5.04. The predicted molar refractivity (Wildman–Crippen MR) is 90.5 cm³/mol. The Hall–Kier alpha value is -2.08. The first-order valence-corrected chi connectivity index (χ1v) is 8.82. The Morgan fingerprint density at radius 1 is 1.04 bits per heavy atom. The molecule has 2 aliphatic rings. The SMILES string of the molecule is O=c1cc(C2CC2)ncn1CC1CCN(Cc2ncccn2)CC1. The summed E-state index contributed by atoms with van der Waals surface area (Å²) in [6.07, 6.45) is 9.90. The molecule has 0 radical (unpaired) electrons. The zero-order valence-corrected chi connectivity index (χ0v) is 13.8. The van der Waals surface area contributed by atoms with Gasteiger partial charge in [0, 0.05) is 30.9 Å². The van der Waals surface area contributed by atoms with Crippen LogP contribution in [0.25, 0.3) is 0 Å². The summed E-state index contributed by atoms with van der Waals surface area (Å²) >= 11 is 0. The van der Waals surface area contributed by atoms with Crippen LogP contribution in [0.4, 0.5) is 0 Å². The summed E-state index contributed by atoms with van der Waals surface area (Å²) < 4.78 is 1.78. The van der Waals surface area contributed by atoms with Crippen LogP contribution in [-0.4, -0.2) is 37.5 Å². The second-order valence-electron chi connectivity index (χ2n) is 6.96. The zero-order chi connectivity index (χ0) is 16.4. The Morgan fingerprint density at radius 2 is 1.79 bits per heavy atom. The molecule has 6 heteroatoms. The molecular weight excluding hydrogens is 302 g/mol. The molecular formula is C18H23N5O. The van der Waals surface area contributed by atoms with E-state index in [1.807, 2.05) is 6.07 Å². The minimum absolute atomic E-state index is 0.104. The van der Waals surface area contributed by atoms with Crippen molar-refractivity contribution in [3.05, 3.63) is 52.7 Å². The molecule has 0 amide bonds. The second-order valence-corrected chi connectivity index (χ2v) is 6.96. The molecule has 1 aliphatic carbocycles. The highest BCUT2D eigenvalue weighted by molar-refractivity contribution is 5.12. The monoisotopic (exact) mass is 325 g/mol. The topological polar surface area (TPSA) is 63.9 Å². The first kappa shape index (κ1) is 15.4. The number of rotatable bonds is 5. The molecule has 2 aromatic heterocycles. The van der Waals surface area contributed by atoms with E-state index in [-0.39, 0.29) is 5.56 Å². The highest BCUT2D eigenvalue weighted by Crippen LogP contribution is 2.38. The fourth-order valence-electron chi connectivity index (χ4n) is 3.40. The van der Waals surface area contributed by atoms with Crippen molar-refractivity contribution in [2.75, 3.05) is 13.1 Å². The number of likely N-dealkylation sites (tertiary alicyclic amines) is 1. The van der Waals surface area contributed by atoms with Crippen LogP contribution >= 0.6 is 0 Å². The van der Waals surface area contributed by atoms with E-state index in [2.05, 4.69) is 19.9 Å². The van der Waals surface area contributed by atoms with Crippen LogP contribution in [0.15, 0.2) is 35.6 Å². The average molecular weight is 325 g/mol. The van der Waals surface area contributed by atoms with Crippen molar-refractivity contribution >= 4 is 0 Å². The second kappa shape index (κ2) is 6.81. The highest BCUT2D eigenvalue weighted by Gasteiger charge is 2.26. The molecule has 3 heterocycles. The van der Waals surface area contributed by atoms with Crippen LogP contribution < -0.4 is 5.56 Å². The van der Waals surface area contributed by atoms with Crippen molar-refractivity contribution in [3.8, 4) is 0 Å². The number of aromatic nitrogens is 4. The average Bonchev–Trinajstić information content (AvgIpc) is 3.44. The van der Waals surface area contributed by atoms with E-state index < -0.39 is 0 Å². The van der Waals surface area contributed by atoms with Gasteiger partial charge in [0.2, 0.25) is 0 Å². The summed E-state index contributed by atoms with van der Waals surface area (Å²) in [6.45, 7) is 3.66. The van der Waals surface area contributed by atoms with Gasteiger partial charge in [-0.1, -0.05) is 0 Å². The van der Waals surface area contributed by atoms with Gasteiger partial charge in [0.25, 0.3) is 5.56 Å². The van der Waals surface area contributed by atoms with Gasteiger partial charge in [-0.25, -0.2) is 15.0 Å². The number of piperidine rings is 1. The summed E-state index contributed by atoms with van der Waals surface area (Å²) in [5, 5.41) is 0. The van der Waals surface area contributed by atoms with Gasteiger partial charge < -0.3 is 0 Å². The molecule has 0 unspecified atom stereocenters. The van der Waals surface area contributed by atoms with Gasteiger partial charge in [0.05, 0.1) is 18.6 Å². The van der Waals surface area contributed by atoms with Gasteiger partial charge in [0.1, 0.15) is 5.82 Å². The van der Waals surface area contributed by atoms with Crippen LogP contribution in [0.1, 0.15) is 43.1 Å². The largest absolute Gasteiger partial charge is 0.299 e. The van der Waals surface area contributed by atoms with E-state index in [0.717, 1.165) is 50.5 Å². The maximum atomic E-state index is 12.2. The summed E-state index contributed by atoms with van der Waals surface area (Å²) in [7, 11) is 0. The van der Waals surface area contributed by atoms with Crippen molar-refractivity contribution in [1.82, 2.24) is 24.4 Å². The Morgan fingerprint density at radius 3 is 2.46 bits per heavy atom. The Labute approximate surface area is 141 Å². The minimum atomic E-state index is 0.104. The Bertz CT molecular complexity index is 733. The van der Waals surface area contributed by atoms with Gasteiger partial charge in [-0.15, -0.1) is 0 Å². The van der Waals surface area contributed by atoms with E-state index in [9.17, 15) is 4.79 Å². The molecule has 0 atom stereocenters. The molecule has 6 nitrogen and oxygen atoms in total. The van der Waals surface area contributed by atoms with E-state index in [1.165, 1.54) is 12.8 Å². The third kappa shape index (κ3) is 3.70. The fraction of sp³-hybridized carbons (Fsp3) is 0.556. The lowest BCUT2D eigenvalue weighted by Gasteiger charge is -2.31. The molecule has 2 aromatic rings. The third-order valence-corrected chi connectivity index (χ3v) is 5.04. The van der Waals surface area contributed by atoms with Gasteiger partial charge in [0.15, 0.2) is 0 Å². The van der Waals surface area contributed by atoms with Gasteiger partial charge in [-0.3, -0.25) is 14.3 Å². The molecule has 0 N–H and O–H groups in total. The van der Waals surface area contributed by atoms with Crippen molar-refractivity contribution in [3.63, 3.8) is 0 Å². The molecule has 1 saturated heterocycles. The van der Waals surface area contributed by atoms with Crippen molar-refractivity contribution in [1.29, 1.82) is 0 Å². The quantitative estimate of drug-likeness (QED) is 0.839. The van der Waals surface area contributed by atoms with Crippen molar-refractivity contribution < 1.29 is 0 Å². The molecule has 0 aromatic carbocycles.